The minimum atomic E-state index is -0.305. The Morgan fingerprint density at radius 1 is 1.07 bits per heavy atom. The van der Waals surface area contributed by atoms with Crippen LogP contribution in [0.4, 0.5) is 0 Å². The van der Waals surface area contributed by atoms with E-state index in [2.05, 4.69) is 30.6 Å². The van der Waals surface area contributed by atoms with Crippen molar-refractivity contribution >= 4 is 11.6 Å². The van der Waals surface area contributed by atoms with Gasteiger partial charge in [-0.3, -0.25) is 9.78 Å². The highest BCUT2D eigenvalue weighted by Crippen LogP contribution is 2.18. The van der Waals surface area contributed by atoms with Crippen molar-refractivity contribution in [3.05, 3.63) is 66.7 Å². The fourth-order valence-corrected chi connectivity index (χ4v) is 2.44. The van der Waals surface area contributed by atoms with Crippen molar-refractivity contribution in [1.82, 2.24) is 35.1 Å². The highest BCUT2D eigenvalue weighted by Gasteiger charge is 2.10. The third kappa shape index (κ3) is 3.71. The third-order valence-electron chi connectivity index (χ3n) is 3.70. The first-order valence-corrected chi connectivity index (χ1v) is 8.26. The van der Waals surface area contributed by atoms with Gasteiger partial charge in [0.2, 0.25) is 5.88 Å². The molecule has 0 unspecified atom stereocenters. The van der Waals surface area contributed by atoms with Crippen LogP contribution < -0.4 is 10.1 Å². The molecule has 0 radical (unpaired) electrons. The Bertz CT molecular complexity index is 1050. The molecule has 0 bridgehead atoms. The van der Waals surface area contributed by atoms with E-state index in [1.807, 2.05) is 30.3 Å². The molecule has 0 atom stereocenters. The molecule has 4 aromatic rings. The molecule has 1 N–H and O–H groups in total. The molecule has 0 aliphatic heterocycles. The molecule has 4 rings (SSSR count). The SMILES string of the molecule is O=C(NCCOc1ccc2nnc(-c3ccccc3)n2n1)c1cnccn1. The molecule has 3 aromatic heterocycles. The van der Waals surface area contributed by atoms with Gasteiger partial charge in [0.15, 0.2) is 11.5 Å². The summed E-state index contributed by atoms with van der Waals surface area (Å²) in [5.41, 5.74) is 1.79. The monoisotopic (exact) mass is 361 g/mol. The van der Waals surface area contributed by atoms with Gasteiger partial charge in [0, 0.05) is 24.0 Å². The number of amides is 1. The van der Waals surface area contributed by atoms with E-state index in [1.54, 1.807) is 16.6 Å². The van der Waals surface area contributed by atoms with Gasteiger partial charge in [-0.15, -0.1) is 15.3 Å². The number of nitrogens with zero attached hydrogens (tertiary/aromatic N) is 6. The van der Waals surface area contributed by atoms with Crippen molar-refractivity contribution in [2.24, 2.45) is 0 Å². The summed E-state index contributed by atoms with van der Waals surface area (Å²) in [4.78, 5) is 19.7. The van der Waals surface area contributed by atoms with E-state index in [-0.39, 0.29) is 18.2 Å². The smallest absolute Gasteiger partial charge is 0.271 e. The average Bonchev–Trinajstić information content (AvgIpc) is 3.15. The molecule has 9 heteroatoms. The number of fused-ring (bicyclic) bond motifs is 1. The summed E-state index contributed by atoms with van der Waals surface area (Å²) in [6.07, 6.45) is 4.38. The zero-order chi connectivity index (χ0) is 18.5. The van der Waals surface area contributed by atoms with Crippen molar-refractivity contribution in [3.8, 4) is 17.3 Å². The molecule has 0 saturated heterocycles. The van der Waals surface area contributed by atoms with Crippen molar-refractivity contribution in [2.45, 2.75) is 0 Å². The van der Waals surface area contributed by atoms with Crippen LogP contribution in [-0.4, -0.2) is 48.8 Å². The Labute approximate surface area is 154 Å². The van der Waals surface area contributed by atoms with Gasteiger partial charge in [0.05, 0.1) is 12.7 Å². The van der Waals surface area contributed by atoms with Gasteiger partial charge < -0.3 is 10.1 Å². The first-order valence-electron chi connectivity index (χ1n) is 8.26. The topological polar surface area (TPSA) is 107 Å². The van der Waals surface area contributed by atoms with Crippen LogP contribution in [0.15, 0.2) is 61.1 Å². The van der Waals surface area contributed by atoms with E-state index in [4.69, 9.17) is 4.74 Å². The summed E-state index contributed by atoms with van der Waals surface area (Å²) in [5, 5.41) is 15.4. The molecule has 1 amide bonds. The number of carbonyl (C=O) groups is 1. The molecule has 3 heterocycles. The maximum absolute atomic E-state index is 11.9. The summed E-state index contributed by atoms with van der Waals surface area (Å²) >= 11 is 0. The van der Waals surface area contributed by atoms with Crippen molar-refractivity contribution < 1.29 is 9.53 Å². The van der Waals surface area contributed by atoms with E-state index < -0.39 is 0 Å². The molecule has 134 valence electrons. The number of hydrogen-bond donors (Lipinski definition) is 1. The van der Waals surface area contributed by atoms with Crippen LogP contribution in [0.5, 0.6) is 5.88 Å². The first kappa shape index (κ1) is 16.6. The number of aromatic nitrogens is 6. The van der Waals surface area contributed by atoms with Crippen LogP contribution >= 0.6 is 0 Å². The molecule has 1 aromatic carbocycles. The second kappa shape index (κ2) is 7.56. The third-order valence-corrected chi connectivity index (χ3v) is 3.70. The quantitative estimate of drug-likeness (QED) is 0.517. The predicted octanol–water partition coefficient (Wildman–Crippen LogP) is 1.39. The highest BCUT2D eigenvalue weighted by atomic mass is 16.5. The number of ether oxygens (including phenoxy) is 1. The summed E-state index contributed by atoms with van der Waals surface area (Å²) in [5.74, 6) is 0.737. The Balaban J connectivity index is 1.40. The fraction of sp³-hybridized carbons (Fsp3) is 0.111. The number of benzene rings is 1. The zero-order valence-corrected chi connectivity index (χ0v) is 14.2. The second-order valence-electron chi connectivity index (χ2n) is 5.53. The molecule has 9 nitrogen and oxygen atoms in total. The average molecular weight is 361 g/mol. The van der Waals surface area contributed by atoms with Crippen molar-refractivity contribution in [3.63, 3.8) is 0 Å². The minimum absolute atomic E-state index is 0.257. The van der Waals surface area contributed by atoms with Gasteiger partial charge in [-0.1, -0.05) is 30.3 Å². The van der Waals surface area contributed by atoms with Gasteiger partial charge in [0.25, 0.3) is 5.91 Å². The number of rotatable bonds is 6. The molecule has 27 heavy (non-hydrogen) atoms. The second-order valence-corrected chi connectivity index (χ2v) is 5.53. The van der Waals surface area contributed by atoms with Crippen LogP contribution in [0.3, 0.4) is 0 Å². The van der Waals surface area contributed by atoms with Gasteiger partial charge in [-0.2, -0.15) is 4.52 Å². The van der Waals surface area contributed by atoms with Crippen LogP contribution in [0.25, 0.3) is 17.0 Å². The van der Waals surface area contributed by atoms with E-state index in [0.717, 1.165) is 5.56 Å². The van der Waals surface area contributed by atoms with Gasteiger partial charge in [-0.25, -0.2) is 4.98 Å². The molecular formula is C18H15N7O2. The molecular weight excluding hydrogens is 346 g/mol. The number of carbonyl (C=O) groups excluding carboxylic acids is 1. The number of nitrogens with one attached hydrogen (secondary N) is 1. The lowest BCUT2D eigenvalue weighted by Crippen LogP contribution is -2.29. The lowest BCUT2D eigenvalue weighted by molar-refractivity contribution is 0.0941. The highest BCUT2D eigenvalue weighted by molar-refractivity contribution is 5.91. The number of hydrogen-bond acceptors (Lipinski definition) is 7. The minimum Gasteiger partial charge on any atom is -0.475 e. The normalized spacial score (nSPS) is 10.7. The van der Waals surface area contributed by atoms with Crippen molar-refractivity contribution in [1.29, 1.82) is 0 Å². The fourth-order valence-electron chi connectivity index (χ4n) is 2.44. The molecule has 0 spiro atoms. The maximum Gasteiger partial charge on any atom is 0.271 e. The molecule has 0 aliphatic carbocycles. The van der Waals surface area contributed by atoms with Gasteiger partial charge >= 0.3 is 0 Å². The van der Waals surface area contributed by atoms with Crippen LogP contribution in [0.1, 0.15) is 10.5 Å². The van der Waals surface area contributed by atoms with E-state index in [1.165, 1.54) is 18.6 Å². The molecule has 0 aliphatic rings. The van der Waals surface area contributed by atoms with Crippen LogP contribution in [-0.2, 0) is 0 Å². The van der Waals surface area contributed by atoms with Crippen LogP contribution in [0.2, 0.25) is 0 Å². The Morgan fingerprint density at radius 3 is 2.78 bits per heavy atom. The first-order chi connectivity index (χ1) is 13.3. The van der Waals surface area contributed by atoms with Crippen LogP contribution in [0, 0.1) is 0 Å². The van der Waals surface area contributed by atoms with Gasteiger partial charge in [0.1, 0.15) is 12.3 Å². The largest absolute Gasteiger partial charge is 0.475 e. The summed E-state index contributed by atoms with van der Waals surface area (Å²) < 4.78 is 7.25. The van der Waals surface area contributed by atoms with E-state index in [0.29, 0.717) is 23.9 Å². The summed E-state index contributed by atoms with van der Waals surface area (Å²) in [6.45, 7) is 0.566. The lowest BCUT2D eigenvalue weighted by Gasteiger charge is -2.07. The zero-order valence-electron chi connectivity index (χ0n) is 14.2. The Hall–Kier alpha value is -3.88. The van der Waals surface area contributed by atoms with E-state index >= 15 is 0 Å². The maximum atomic E-state index is 11.9. The Morgan fingerprint density at radius 2 is 1.96 bits per heavy atom. The standard InChI is InChI=1S/C18H15N7O2/c26-18(14-12-19-8-9-20-14)21-10-11-27-16-7-6-15-22-23-17(25(15)24-16)13-4-2-1-3-5-13/h1-9,12H,10-11H2,(H,21,26). The lowest BCUT2D eigenvalue weighted by atomic mass is 10.2. The summed E-state index contributed by atoms with van der Waals surface area (Å²) in [7, 11) is 0. The molecule has 0 saturated carbocycles. The Kier molecular flexibility index (Phi) is 4.64. The van der Waals surface area contributed by atoms with Crippen molar-refractivity contribution in [2.75, 3.05) is 13.2 Å². The predicted molar refractivity (Wildman–Crippen MR) is 96.1 cm³/mol. The van der Waals surface area contributed by atoms with Gasteiger partial charge in [-0.05, 0) is 6.07 Å². The summed E-state index contributed by atoms with van der Waals surface area (Å²) in [6, 6.07) is 13.2. The van der Waals surface area contributed by atoms with E-state index in [9.17, 15) is 4.79 Å². The molecule has 0 fully saturated rings.